The van der Waals surface area contributed by atoms with Crippen molar-refractivity contribution in [2.24, 2.45) is 0 Å². The van der Waals surface area contributed by atoms with Gasteiger partial charge in [-0.3, -0.25) is 4.90 Å². The van der Waals surface area contributed by atoms with Crippen molar-refractivity contribution in [3.63, 3.8) is 0 Å². The topological polar surface area (TPSA) is 50.6 Å². The third-order valence-corrected chi connectivity index (χ3v) is 4.20. The highest BCUT2D eigenvalue weighted by Crippen LogP contribution is 2.17. The minimum Gasteiger partial charge on any atom is -0.442 e. The second-order valence-corrected chi connectivity index (χ2v) is 6.60. The first-order chi connectivity index (χ1) is 11.2. The normalized spacial score (nSPS) is 21.0. The first-order valence-corrected chi connectivity index (χ1v) is 9.43. The molecule has 23 heavy (non-hydrogen) atoms. The van der Waals surface area contributed by atoms with Crippen molar-refractivity contribution in [3.05, 3.63) is 0 Å². The van der Waals surface area contributed by atoms with Crippen molar-refractivity contribution >= 4 is 6.09 Å². The molecule has 136 valence electrons. The molecule has 5 nitrogen and oxygen atoms in total. The van der Waals surface area contributed by atoms with Gasteiger partial charge in [-0.15, -0.1) is 0 Å². The van der Waals surface area contributed by atoms with E-state index in [0.717, 1.165) is 39.0 Å². The van der Waals surface area contributed by atoms with Crippen LogP contribution in [0.4, 0.5) is 4.79 Å². The van der Waals surface area contributed by atoms with Gasteiger partial charge in [0.2, 0.25) is 0 Å². The van der Waals surface area contributed by atoms with Crippen molar-refractivity contribution in [1.82, 2.24) is 10.2 Å². The molecule has 0 aromatic rings. The van der Waals surface area contributed by atoms with Crippen molar-refractivity contribution in [2.75, 3.05) is 32.8 Å². The Hall–Kier alpha value is -0.810. The number of carbonyl (C=O) groups is 1. The molecule has 3 unspecified atom stereocenters. The molecule has 1 aliphatic rings. The summed E-state index contributed by atoms with van der Waals surface area (Å²) in [5, 5.41) is 2.86. The van der Waals surface area contributed by atoms with Gasteiger partial charge in [-0.05, 0) is 19.8 Å². The van der Waals surface area contributed by atoms with Gasteiger partial charge in [-0.2, -0.15) is 0 Å². The smallest absolute Gasteiger partial charge is 0.407 e. The number of hydrogen-bond donors (Lipinski definition) is 1. The third-order valence-electron chi connectivity index (χ3n) is 4.20. The van der Waals surface area contributed by atoms with Crippen LogP contribution < -0.4 is 5.32 Å². The zero-order valence-corrected chi connectivity index (χ0v) is 15.3. The molecular weight excluding hydrogens is 292 g/mol. The molecule has 1 rings (SSSR count). The zero-order valence-electron chi connectivity index (χ0n) is 15.3. The minimum absolute atomic E-state index is 0.170. The highest BCUT2D eigenvalue weighted by atomic mass is 16.6. The van der Waals surface area contributed by atoms with Gasteiger partial charge < -0.3 is 14.8 Å². The standard InChI is InChI=1S/C18H36N2O3/c1-4-6-8-9-10-11-19-18(21)23-17(14-20-13-16(20)3)15-22-12-7-5-2/h16-17H,4-15H2,1-3H3,(H,19,21). The molecule has 1 heterocycles. The van der Waals surface area contributed by atoms with E-state index in [4.69, 9.17) is 9.47 Å². The van der Waals surface area contributed by atoms with E-state index in [2.05, 4.69) is 31.0 Å². The molecule has 0 aromatic heterocycles. The highest BCUT2D eigenvalue weighted by Gasteiger charge is 2.32. The Labute approximate surface area is 142 Å². The lowest BCUT2D eigenvalue weighted by atomic mass is 10.1. The number of rotatable bonds is 14. The van der Waals surface area contributed by atoms with Crippen LogP contribution in [0.15, 0.2) is 0 Å². The molecule has 0 aliphatic carbocycles. The van der Waals surface area contributed by atoms with Crippen LogP contribution >= 0.6 is 0 Å². The van der Waals surface area contributed by atoms with Crippen LogP contribution in [-0.4, -0.2) is 56.0 Å². The lowest BCUT2D eigenvalue weighted by molar-refractivity contribution is 0.0126. The lowest BCUT2D eigenvalue weighted by Crippen LogP contribution is -2.36. The highest BCUT2D eigenvalue weighted by molar-refractivity contribution is 5.67. The first-order valence-electron chi connectivity index (χ1n) is 9.43. The molecule has 1 aliphatic heterocycles. The van der Waals surface area contributed by atoms with Crippen LogP contribution in [0.5, 0.6) is 0 Å². The summed E-state index contributed by atoms with van der Waals surface area (Å²) in [5.41, 5.74) is 0. The molecule has 1 N–H and O–H groups in total. The van der Waals surface area contributed by atoms with Crippen molar-refractivity contribution in [1.29, 1.82) is 0 Å². The summed E-state index contributed by atoms with van der Waals surface area (Å²) in [4.78, 5) is 14.2. The molecule has 0 spiro atoms. The van der Waals surface area contributed by atoms with Crippen LogP contribution in [0, 0.1) is 0 Å². The molecule has 0 bridgehead atoms. The van der Waals surface area contributed by atoms with Crippen molar-refractivity contribution in [3.8, 4) is 0 Å². The van der Waals surface area contributed by atoms with Crippen LogP contribution in [-0.2, 0) is 9.47 Å². The van der Waals surface area contributed by atoms with Gasteiger partial charge in [0.05, 0.1) is 6.61 Å². The zero-order chi connectivity index (χ0) is 16.9. The Morgan fingerprint density at radius 1 is 1.17 bits per heavy atom. The van der Waals surface area contributed by atoms with Crippen molar-refractivity contribution in [2.45, 2.75) is 77.9 Å². The van der Waals surface area contributed by atoms with Gasteiger partial charge in [-0.1, -0.05) is 46.0 Å². The first kappa shape index (κ1) is 20.2. The summed E-state index contributed by atoms with van der Waals surface area (Å²) in [6, 6.07) is 0.610. The molecule has 1 amide bonds. The Kier molecular flexibility index (Phi) is 11.1. The molecule has 1 fully saturated rings. The van der Waals surface area contributed by atoms with E-state index in [0.29, 0.717) is 19.2 Å². The van der Waals surface area contributed by atoms with Crippen LogP contribution in [0.2, 0.25) is 0 Å². The molecule has 5 heteroatoms. The Morgan fingerprint density at radius 3 is 2.52 bits per heavy atom. The van der Waals surface area contributed by atoms with E-state index in [-0.39, 0.29) is 12.2 Å². The second kappa shape index (κ2) is 12.6. The number of nitrogens with one attached hydrogen (secondary N) is 1. The monoisotopic (exact) mass is 328 g/mol. The summed E-state index contributed by atoms with van der Waals surface area (Å²) in [7, 11) is 0. The number of ether oxygens (including phenoxy) is 2. The second-order valence-electron chi connectivity index (χ2n) is 6.60. The maximum atomic E-state index is 11.9. The van der Waals surface area contributed by atoms with E-state index >= 15 is 0 Å². The summed E-state index contributed by atoms with van der Waals surface area (Å²) >= 11 is 0. The quantitative estimate of drug-likeness (QED) is 0.391. The minimum atomic E-state index is -0.306. The summed E-state index contributed by atoms with van der Waals surface area (Å²) in [6.07, 6.45) is 7.65. The van der Waals surface area contributed by atoms with Gasteiger partial charge in [0, 0.05) is 32.3 Å². The third kappa shape index (κ3) is 10.6. The number of nitrogens with zero attached hydrogens (tertiary/aromatic N) is 1. The molecule has 0 aromatic carbocycles. The number of hydrogen-bond acceptors (Lipinski definition) is 4. The Morgan fingerprint density at radius 2 is 1.87 bits per heavy atom. The van der Waals surface area contributed by atoms with Gasteiger partial charge >= 0.3 is 6.09 Å². The van der Waals surface area contributed by atoms with E-state index in [1.54, 1.807) is 0 Å². The van der Waals surface area contributed by atoms with Gasteiger partial charge in [0.25, 0.3) is 0 Å². The van der Waals surface area contributed by atoms with Gasteiger partial charge in [0.15, 0.2) is 0 Å². The maximum Gasteiger partial charge on any atom is 0.407 e. The van der Waals surface area contributed by atoms with Crippen molar-refractivity contribution < 1.29 is 14.3 Å². The number of amides is 1. The molecular formula is C18H36N2O3. The average Bonchev–Trinajstić information content (AvgIpc) is 3.22. The predicted octanol–water partition coefficient (Wildman–Crippen LogP) is 3.57. The Balaban J connectivity index is 2.15. The van der Waals surface area contributed by atoms with E-state index in [9.17, 15) is 4.79 Å². The molecule has 3 atom stereocenters. The molecule has 0 radical (unpaired) electrons. The Bertz CT molecular complexity index is 313. The summed E-state index contributed by atoms with van der Waals surface area (Å²) < 4.78 is 11.2. The van der Waals surface area contributed by atoms with Crippen LogP contribution in [0.25, 0.3) is 0 Å². The number of alkyl carbamates (subject to hydrolysis) is 1. The predicted molar refractivity (Wildman–Crippen MR) is 93.8 cm³/mol. The van der Waals surface area contributed by atoms with Crippen LogP contribution in [0.3, 0.4) is 0 Å². The fraction of sp³-hybridized carbons (Fsp3) is 0.944. The lowest BCUT2D eigenvalue weighted by Gasteiger charge is -2.19. The largest absolute Gasteiger partial charge is 0.442 e. The summed E-state index contributed by atoms with van der Waals surface area (Å²) in [6.45, 7) is 10.3. The molecule has 1 saturated heterocycles. The number of carbonyl (C=O) groups excluding carboxylic acids is 1. The summed E-state index contributed by atoms with van der Waals surface area (Å²) in [5.74, 6) is 0. The molecule has 0 saturated carbocycles. The van der Waals surface area contributed by atoms with Crippen LogP contribution in [0.1, 0.15) is 65.7 Å². The van der Waals surface area contributed by atoms with Gasteiger partial charge in [-0.25, -0.2) is 4.79 Å². The van der Waals surface area contributed by atoms with E-state index in [1.807, 2.05) is 0 Å². The SMILES string of the molecule is CCCCCCCNC(=O)OC(COCCCC)CN1CC1C. The average molecular weight is 328 g/mol. The van der Waals surface area contributed by atoms with Gasteiger partial charge in [0.1, 0.15) is 6.10 Å². The number of unbranched alkanes of at least 4 members (excludes halogenated alkanes) is 5. The van der Waals surface area contributed by atoms with E-state index < -0.39 is 0 Å². The fourth-order valence-electron chi connectivity index (χ4n) is 2.51. The fourth-order valence-corrected chi connectivity index (χ4v) is 2.51. The van der Waals surface area contributed by atoms with E-state index in [1.165, 1.54) is 25.7 Å². The maximum absolute atomic E-state index is 11.9.